The Morgan fingerprint density at radius 3 is 2.67 bits per heavy atom. The first-order valence-corrected chi connectivity index (χ1v) is 5.81. The zero-order valence-electron chi connectivity index (χ0n) is 10.3. The lowest BCUT2D eigenvalue weighted by Gasteiger charge is -2.08. The van der Waals surface area contributed by atoms with Crippen molar-refractivity contribution in [2.24, 2.45) is 0 Å². The predicted molar refractivity (Wildman–Crippen MR) is 61.9 cm³/mol. The fraction of sp³-hybridized carbons (Fsp3) is 0.583. The van der Waals surface area contributed by atoms with Crippen LogP contribution >= 0.6 is 0 Å². The van der Waals surface area contributed by atoms with Gasteiger partial charge < -0.3 is 10.1 Å². The average Bonchev–Trinajstić information content (AvgIpc) is 2.31. The lowest BCUT2D eigenvalue weighted by Crippen LogP contribution is -2.14. The second-order valence-corrected chi connectivity index (χ2v) is 3.82. The molecule has 0 aliphatic carbocycles. The summed E-state index contributed by atoms with van der Waals surface area (Å²) in [6.07, 6.45) is -5.09. The van der Waals surface area contributed by atoms with Gasteiger partial charge in [-0.2, -0.15) is 13.2 Å². The number of rotatable bonds is 7. The number of alkyl halides is 3. The Morgan fingerprint density at radius 2 is 2.00 bits per heavy atom. The molecule has 1 aromatic heterocycles. The maximum atomic E-state index is 11.9. The molecule has 0 unspecified atom stereocenters. The van der Waals surface area contributed by atoms with Crippen molar-refractivity contribution in [3.63, 3.8) is 0 Å². The molecule has 0 amide bonds. The van der Waals surface area contributed by atoms with Crippen molar-refractivity contribution in [3.05, 3.63) is 29.6 Å². The summed E-state index contributed by atoms with van der Waals surface area (Å²) in [5, 5.41) is 3.13. The van der Waals surface area contributed by atoms with Crippen LogP contribution < -0.4 is 5.32 Å². The first-order chi connectivity index (χ1) is 8.51. The lowest BCUT2D eigenvalue weighted by molar-refractivity contribution is -0.146. The van der Waals surface area contributed by atoms with Gasteiger partial charge >= 0.3 is 6.18 Å². The molecule has 102 valence electrons. The summed E-state index contributed by atoms with van der Waals surface area (Å²) in [5.41, 5.74) is 1.50. The predicted octanol–water partition coefficient (Wildman–Crippen LogP) is 2.66. The molecule has 0 spiro atoms. The van der Waals surface area contributed by atoms with E-state index in [2.05, 4.69) is 10.3 Å². The van der Waals surface area contributed by atoms with Crippen molar-refractivity contribution in [2.75, 3.05) is 13.2 Å². The first kappa shape index (κ1) is 14.9. The smallest absolute Gasteiger partial charge is 0.375 e. The van der Waals surface area contributed by atoms with Crippen LogP contribution in [0.2, 0.25) is 0 Å². The maximum Gasteiger partial charge on any atom is 0.391 e. The van der Waals surface area contributed by atoms with E-state index in [4.69, 9.17) is 4.74 Å². The monoisotopic (exact) mass is 262 g/mol. The fourth-order valence-corrected chi connectivity index (χ4v) is 1.33. The number of hydrogen-bond acceptors (Lipinski definition) is 3. The van der Waals surface area contributed by atoms with Gasteiger partial charge in [-0.25, -0.2) is 0 Å². The van der Waals surface area contributed by atoms with E-state index in [1.165, 1.54) is 0 Å². The van der Waals surface area contributed by atoms with Gasteiger partial charge in [0.15, 0.2) is 0 Å². The third kappa shape index (κ3) is 6.56. The van der Waals surface area contributed by atoms with E-state index in [-0.39, 0.29) is 13.2 Å². The van der Waals surface area contributed by atoms with Gasteiger partial charge in [0, 0.05) is 6.54 Å². The normalized spacial score (nSPS) is 11.8. The van der Waals surface area contributed by atoms with Crippen molar-refractivity contribution in [1.82, 2.24) is 10.3 Å². The molecule has 1 N–H and O–H groups in total. The highest BCUT2D eigenvalue weighted by molar-refractivity contribution is 5.10. The third-order valence-corrected chi connectivity index (χ3v) is 2.20. The Hall–Kier alpha value is -1.14. The number of nitrogens with one attached hydrogen (secondary N) is 1. The number of pyridine rings is 1. The molecule has 0 aliphatic heterocycles. The largest absolute Gasteiger partial charge is 0.391 e. The molecule has 1 rings (SSSR count). The van der Waals surface area contributed by atoms with Crippen LogP contribution in [-0.2, 0) is 17.9 Å². The molecular formula is C12H17F3N2O. The van der Waals surface area contributed by atoms with Crippen LogP contribution in [0.15, 0.2) is 18.2 Å². The van der Waals surface area contributed by atoms with E-state index in [1.54, 1.807) is 6.07 Å². The molecule has 0 saturated carbocycles. The molecular weight excluding hydrogens is 245 g/mol. The number of aromatic nitrogens is 1. The van der Waals surface area contributed by atoms with E-state index in [9.17, 15) is 13.2 Å². The quantitative estimate of drug-likeness (QED) is 0.767. The molecule has 6 heteroatoms. The van der Waals surface area contributed by atoms with Gasteiger partial charge in [0.05, 0.1) is 31.0 Å². The first-order valence-electron chi connectivity index (χ1n) is 5.81. The highest BCUT2D eigenvalue weighted by Gasteiger charge is 2.26. The Bertz CT molecular complexity index is 355. The standard InChI is InChI=1S/C12H17F3N2O/c1-2-16-8-10-4-3-5-11(17-10)9-18-7-6-12(13,14)15/h3-5,16H,2,6-9H2,1H3. The van der Waals surface area contributed by atoms with Crippen molar-refractivity contribution in [3.8, 4) is 0 Å². The van der Waals surface area contributed by atoms with Gasteiger partial charge in [-0.15, -0.1) is 0 Å². The lowest BCUT2D eigenvalue weighted by atomic mass is 10.3. The minimum absolute atomic E-state index is 0.107. The van der Waals surface area contributed by atoms with Gasteiger partial charge in [0.25, 0.3) is 0 Å². The molecule has 0 aliphatic rings. The topological polar surface area (TPSA) is 34.1 Å². The Kier molecular flexibility index (Phi) is 6.07. The van der Waals surface area contributed by atoms with Gasteiger partial charge in [0.2, 0.25) is 0 Å². The molecule has 0 saturated heterocycles. The summed E-state index contributed by atoms with van der Waals surface area (Å²) in [5.74, 6) is 0. The zero-order chi connectivity index (χ0) is 13.4. The number of ether oxygens (including phenoxy) is 1. The van der Waals surface area contributed by atoms with Gasteiger partial charge in [-0.3, -0.25) is 4.98 Å². The van der Waals surface area contributed by atoms with Crippen LogP contribution in [0.25, 0.3) is 0 Å². The minimum atomic E-state index is -4.17. The zero-order valence-corrected chi connectivity index (χ0v) is 10.3. The van der Waals surface area contributed by atoms with Crippen LogP contribution in [0, 0.1) is 0 Å². The Balaban J connectivity index is 2.33. The molecule has 18 heavy (non-hydrogen) atoms. The summed E-state index contributed by atoms with van der Waals surface area (Å²) in [4.78, 5) is 4.28. The molecule has 0 radical (unpaired) electrons. The molecule has 1 heterocycles. The minimum Gasteiger partial charge on any atom is -0.375 e. The summed E-state index contributed by atoms with van der Waals surface area (Å²) in [6.45, 7) is 3.25. The van der Waals surface area contributed by atoms with Crippen LogP contribution in [0.3, 0.4) is 0 Å². The Labute approximate surface area is 104 Å². The molecule has 1 aromatic rings. The van der Waals surface area contributed by atoms with Crippen molar-refractivity contribution >= 4 is 0 Å². The highest BCUT2D eigenvalue weighted by atomic mass is 19.4. The summed E-state index contributed by atoms with van der Waals surface area (Å²) in [7, 11) is 0. The maximum absolute atomic E-state index is 11.9. The summed E-state index contributed by atoms with van der Waals surface area (Å²) in [6, 6.07) is 5.42. The molecule has 0 atom stereocenters. The van der Waals surface area contributed by atoms with Crippen molar-refractivity contribution in [2.45, 2.75) is 32.7 Å². The number of nitrogens with zero attached hydrogens (tertiary/aromatic N) is 1. The van der Waals surface area contributed by atoms with Crippen LogP contribution in [-0.4, -0.2) is 24.3 Å². The third-order valence-electron chi connectivity index (χ3n) is 2.20. The van der Waals surface area contributed by atoms with Crippen LogP contribution in [0.4, 0.5) is 13.2 Å². The van der Waals surface area contributed by atoms with Gasteiger partial charge in [-0.05, 0) is 18.7 Å². The van der Waals surface area contributed by atoms with E-state index < -0.39 is 12.6 Å². The summed E-state index contributed by atoms with van der Waals surface area (Å²) >= 11 is 0. The second-order valence-electron chi connectivity index (χ2n) is 3.82. The second kappa shape index (κ2) is 7.33. The average molecular weight is 262 g/mol. The van der Waals surface area contributed by atoms with E-state index in [0.717, 1.165) is 12.2 Å². The van der Waals surface area contributed by atoms with Gasteiger partial charge in [0.1, 0.15) is 0 Å². The molecule has 0 aromatic carbocycles. The van der Waals surface area contributed by atoms with Crippen LogP contribution in [0.5, 0.6) is 0 Å². The Morgan fingerprint density at radius 1 is 1.28 bits per heavy atom. The SMILES string of the molecule is CCNCc1cccc(COCCC(F)(F)F)n1. The molecule has 0 fully saturated rings. The van der Waals surface area contributed by atoms with Crippen molar-refractivity contribution in [1.29, 1.82) is 0 Å². The van der Waals surface area contributed by atoms with Crippen molar-refractivity contribution < 1.29 is 17.9 Å². The number of hydrogen-bond donors (Lipinski definition) is 1. The van der Waals surface area contributed by atoms with E-state index in [0.29, 0.717) is 12.2 Å². The fourth-order valence-electron chi connectivity index (χ4n) is 1.33. The highest BCUT2D eigenvalue weighted by Crippen LogP contribution is 2.19. The van der Waals surface area contributed by atoms with Crippen LogP contribution in [0.1, 0.15) is 24.7 Å². The van der Waals surface area contributed by atoms with E-state index in [1.807, 2.05) is 19.1 Å². The summed E-state index contributed by atoms with van der Waals surface area (Å²) < 4.78 is 40.6. The molecule has 3 nitrogen and oxygen atoms in total. The van der Waals surface area contributed by atoms with E-state index >= 15 is 0 Å². The van der Waals surface area contributed by atoms with Gasteiger partial charge in [-0.1, -0.05) is 13.0 Å². The molecule has 0 bridgehead atoms. The number of halogens is 3.